The zero-order valence-electron chi connectivity index (χ0n) is 12.3. The van der Waals surface area contributed by atoms with Crippen molar-refractivity contribution in [3.63, 3.8) is 0 Å². The predicted octanol–water partition coefficient (Wildman–Crippen LogP) is 3.61. The van der Waals surface area contributed by atoms with Crippen LogP contribution in [0, 0.1) is 12.3 Å². The van der Waals surface area contributed by atoms with Crippen LogP contribution in [0.3, 0.4) is 0 Å². The van der Waals surface area contributed by atoms with E-state index in [1.807, 2.05) is 23.2 Å². The second-order valence-corrected chi connectivity index (χ2v) is 6.69. The van der Waals surface area contributed by atoms with E-state index in [0.29, 0.717) is 17.2 Å². The maximum atomic E-state index is 10.1. The molecule has 1 aromatic carbocycles. The number of nitrogens with one attached hydrogen (secondary N) is 1. The smallest absolute Gasteiger partial charge is 0.168 e. The summed E-state index contributed by atoms with van der Waals surface area (Å²) in [6.07, 6.45) is 7.86. The van der Waals surface area contributed by atoms with Crippen LogP contribution >= 0.6 is 22.7 Å². The third kappa shape index (κ3) is 4.17. The van der Waals surface area contributed by atoms with Gasteiger partial charge in [0.15, 0.2) is 5.01 Å². The Balaban J connectivity index is 1.57. The van der Waals surface area contributed by atoms with Gasteiger partial charge in [0.2, 0.25) is 0 Å². The summed E-state index contributed by atoms with van der Waals surface area (Å²) in [7, 11) is 0. The van der Waals surface area contributed by atoms with Crippen molar-refractivity contribution in [2.24, 2.45) is 0 Å². The number of hydrogen-bond acceptors (Lipinski definition) is 6. The zero-order valence-corrected chi connectivity index (χ0v) is 13.9. The van der Waals surface area contributed by atoms with Gasteiger partial charge in [-0.15, -0.1) is 29.1 Å². The molecule has 0 radical (unpaired) electrons. The number of nitrogens with zero attached hydrogens (tertiary/aromatic N) is 2. The van der Waals surface area contributed by atoms with Gasteiger partial charge in [-0.25, -0.2) is 4.98 Å². The summed E-state index contributed by atoms with van der Waals surface area (Å²) in [5, 5.41) is 15.5. The average Bonchev–Trinajstić information content (AvgIpc) is 3.25. The highest BCUT2D eigenvalue weighted by molar-refractivity contribution is 7.13. The second-order valence-electron chi connectivity index (χ2n) is 4.95. The molecule has 4 nitrogen and oxygen atoms in total. The minimum Gasteiger partial charge on any atom is -0.374 e. The summed E-state index contributed by atoms with van der Waals surface area (Å²) in [5.74, 6) is 3.10. The fraction of sp³-hybridized carbons (Fsp3) is 0.176. The number of aromatic nitrogens is 2. The van der Waals surface area contributed by atoms with Crippen LogP contribution in [0.2, 0.25) is 0 Å². The van der Waals surface area contributed by atoms with Crippen LogP contribution in [-0.2, 0) is 6.42 Å². The molecule has 23 heavy (non-hydrogen) atoms. The Kier molecular flexibility index (Phi) is 5.03. The molecule has 0 saturated carbocycles. The van der Waals surface area contributed by atoms with Gasteiger partial charge in [-0.05, 0) is 29.9 Å². The maximum absolute atomic E-state index is 10.1. The van der Waals surface area contributed by atoms with E-state index in [-0.39, 0.29) is 0 Å². The molecule has 0 bridgehead atoms. The van der Waals surface area contributed by atoms with Crippen molar-refractivity contribution in [2.75, 3.05) is 5.32 Å². The van der Waals surface area contributed by atoms with Crippen LogP contribution in [0.4, 0.5) is 5.82 Å². The first kappa shape index (κ1) is 15.7. The molecule has 3 rings (SSSR count). The van der Waals surface area contributed by atoms with Crippen LogP contribution in [0.1, 0.15) is 17.0 Å². The van der Waals surface area contributed by atoms with Crippen molar-refractivity contribution in [3.05, 3.63) is 51.9 Å². The molecule has 0 aliphatic heterocycles. The molecule has 0 aliphatic rings. The van der Waals surface area contributed by atoms with E-state index in [4.69, 9.17) is 6.42 Å². The number of hydrogen-bond donors (Lipinski definition) is 2. The lowest BCUT2D eigenvalue weighted by molar-refractivity contribution is 0.193. The van der Waals surface area contributed by atoms with Crippen LogP contribution in [-0.4, -0.2) is 21.3 Å². The normalized spacial score (nSPS) is 11.8. The first-order valence-electron chi connectivity index (χ1n) is 7.09. The van der Waals surface area contributed by atoms with E-state index in [1.165, 1.54) is 16.9 Å². The van der Waals surface area contributed by atoms with Crippen molar-refractivity contribution in [3.8, 4) is 22.8 Å². The molecule has 2 heterocycles. The van der Waals surface area contributed by atoms with Crippen molar-refractivity contribution >= 4 is 28.5 Å². The highest BCUT2D eigenvalue weighted by atomic mass is 32.1. The number of benzene rings is 1. The lowest BCUT2D eigenvalue weighted by Crippen LogP contribution is -2.19. The summed E-state index contributed by atoms with van der Waals surface area (Å²) in [6.45, 7) is 0. The molecule has 0 aliphatic carbocycles. The van der Waals surface area contributed by atoms with E-state index >= 15 is 0 Å². The van der Waals surface area contributed by atoms with Gasteiger partial charge in [-0.1, -0.05) is 24.3 Å². The molecule has 6 heteroatoms. The quantitative estimate of drug-likeness (QED) is 0.531. The minimum absolute atomic E-state index is 0.592. The highest BCUT2D eigenvalue weighted by Gasteiger charge is 2.08. The van der Waals surface area contributed by atoms with Crippen molar-refractivity contribution in [1.82, 2.24) is 9.97 Å². The molecule has 0 amide bonds. The van der Waals surface area contributed by atoms with E-state index in [9.17, 15) is 5.11 Å². The van der Waals surface area contributed by atoms with E-state index in [2.05, 4.69) is 39.4 Å². The van der Waals surface area contributed by atoms with Gasteiger partial charge in [0.25, 0.3) is 0 Å². The zero-order chi connectivity index (χ0) is 16.1. The van der Waals surface area contributed by atoms with Gasteiger partial charge in [0.05, 0.1) is 10.4 Å². The van der Waals surface area contributed by atoms with E-state index < -0.39 is 6.23 Å². The number of anilines is 1. The van der Waals surface area contributed by atoms with Crippen LogP contribution in [0.15, 0.2) is 41.4 Å². The Morgan fingerprint density at radius 2 is 2.26 bits per heavy atom. The third-order valence-electron chi connectivity index (χ3n) is 3.29. The van der Waals surface area contributed by atoms with Crippen LogP contribution < -0.4 is 5.32 Å². The summed E-state index contributed by atoms with van der Waals surface area (Å²) >= 11 is 3.00. The monoisotopic (exact) mass is 341 g/mol. The SMILES string of the molecule is C#Cc1nc(NC(O)CCc2cccc(-c3cncs3)c2)cs1. The highest BCUT2D eigenvalue weighted by Crippen LogP contribution is 2.24. The lowest BCUT2D eigenvalue weighted by atomic mass is 10.1. The molecule has 0 saturated heterocycles. The Hall–Kier alpha value is -2.20. The number of aliphatic hydroxyl groups excluding tert-OH is 1. The number of rotatable bonds is 6. The maximum Gasteiger partial charge on any atom is 0.168 e. The number of aliphatic hydroxyl groups is 1. The number of aryl methyl sites for hydroxylation is 1. The van der Waals surface area contributed by atoms with Crippen LogP contribution in [0.25, 0.3) is 10.4 Å². The summed E-state index contributed by atoms with van der Waals surface area (Å²) in [6, 6.07) is 8.31. The number of thiazole rings is 2. The van der Waals surface area contributed by atoms with Gasteiger partial charge >= 0.3 is 0 Å². The largest absolute Gasteiger partial charge is 0.374 e. The summed E-state index contributed by atoms with van der Waals surface area (Å²) in [5.41, 5.74) is 4.17. The van der Waals surface area contributed by atoms with E-state index in [0.717, 1.165) is 16.9 Å². The molecule has 3 aromatic rings. The Morgan fingerprint density at radius 1 is 1.35 bits per heavy atom. The lowest BCUT2D eigenvalue weighted by Gasteiger charge is -2.12. The first-order valence-corrected chi connectivity index (χ1v) is 8.85. The van der Waals surface area contributed by atoms with Crippen molar-refractivity contribution < 1.29 is 5.11 Å². The Labute approximate surface area is 142 Å². The topological polar surface area (TPSA) is 58.0 Å². The summed E-state index contributed by atoms with van der Waals surface area (Å²) < 4.78 is 0. The molecular formula is C17H15N3OS2. The van der Waals surface area contributed by atoms with Crippen molar-refractivity contribution in [1.29, 1.82) is 0 Å². The molecule has 116 valence electrons. The Bertz CT molecular complexity index is 805. The van der Waals surface area contributed by atoms with Gasteiger partial charge in [-0.2, -0.15) is 0 Å². The first-order chi connectivity index (χ1) is 11.2. The minimum atomic E-state index is -0.658. The Morgan fingerprint density at radius 3 is 3.00 bits per heavy atom. The second kappa shape index (κ2) is 7.38. The third-order valence-corrected chi connectivity index (χ3v) is 4.89. The molecule has 0 spiro atoms. The molecule has 2 N–H and O–H groups in total. The average molecular weight is 341 g/mol. The van der Waals surface area contributed by atoms with E-state index in [1.54, 1.807) is 11.3 Å². The molecule has 1 unspecified atom stereocenters. The standard InChI is InChI=1S/C17H15N3OS2/c1-2-17-20-15(10-22-17)19-16(21)7-6-12-4-3-5-13(8-12)14-9-18-11-23-14/h1,3-5,8-11,16,19,21H,6-7H2. The molecule has 1 atom stereocenters. The van der Waals surface area contributed by atoms with Crippen molar-refractivity contribution in [2.45, 2.75) is 19.1 Å². The predicted molar refractivity (Wildman–Crippen MR) is 95.5 cm³/mol. The number of terminal acetylenes is 1. The van der Waals surface area contributed by atoms with Gasteiger partial charge in [0.1, 0.15) is 12.0 Å². The molecule has 0 fully saturated rings. The van der Waals surface area contributed by atoms with Gasteiger partial charge in [0, 0.05) is 11.6 Å². The fourth-order valence-corrected chi connectivity index (χ4v) is 3.37. The van der Waals surface area contributed by atoms with Gasteiger partial charge in [-0.3, -0.25) is 4.98 Å². The van der Waals surface area contributed by atoms with Gasteiger partial charge < -0.3 is 10.4 Å². The fourth-order valence-electron chi connectivity index (χ4n) is 2.19. The molecular weight excluding hydrogens is 326 g/mol. The van der Waals surface area contributed by atoms with Crippen LogP contribution in [0.5, 0.6) is 0 Å². The molecule has 2 aromatic heterocycles. The summed E-state index contributed by atoms with van der Waals surface area (Å²) in [4.78, 5) is 9.43.